The van der Waals surface area contributed by atoms with E-state index in [4.69, 9.17) is 9.47 Å². The minimum absolute atomic E-state index is 0.0551. The molecule has 2 aliphatic heterocycles. The smallest absolute Gasteiger partial charge is 0.198 e. The van der Waals surface area contributed by atoms with Crippen LogP contribution in [0.15, 0.2) is 36.4 Å². The van der Waals surface area contributed by atoms with Crippen LogP contribution in [0.1, 0.15) is 80.1 Å². The number of piperidine rings is 2. The van der Waals surface area contributed by atoms with Crippen molar-refractivity contribution in [3.8, 4) is 22.6 Å². The largest absolute Gasteiger partial charge is 0.493 e. The molecule has 5 rings (SSSR count). The van der Waals surface area contributed by atoms with Crippen LogP contribution in [0.25, 0.3) is 11.1 Å². The van der Waals surface area contributed by atoms with E-state index < -0.39 is 0 Å². The van der Waals surface area contributed by atoms with Crippen molar-refractivity contribution in [2.45, 2.75) is 64.2 Å². The first-order valence-electron chi connectivity index (χ1n) is 14.3. The van der Waals surface area contributed by atoms with Crippen LogP contribution in [-0.2, 0) is 0 Å². The third kappa shape index (κ3) is 6.12. The van der Waals surface area contributed by atoms with Crippen molar-refractivity contribution >= 4 is 5.78 Å². The lowest BCUT2D eigenvalue weighted by atomic mass is 10.0. The van der Waals surface area contributed by atoms with Crippen LogP contribution < -0.4 is 9.47 Å². The van der Waals surface area contributed by atoms with E-state index in [0.29, 0.717) is 24.5 Å². The Bertz CT molecular complexity index is 1010. The lowest BCUT2D eigenvalue weighted by molar-refractivity contribution is 0.103. The molecule has 0 radical (unpaired) electrons. The standard InChI is InChI=1S/C31H42N2O3/c34-31-26-14-12-15-27(35-23-9-7-21-32-17-3-1-4-18-32)29(26)25-13-11-16-28(30(25)31)36-24-10-8-22-33-19-5-2-6-20-33/h11-16H,1-10,17-24H2. The number of hydrogen-bond donors (Lipinski definition) is 0. The van der Waals surface area contributed by atoms with E-state index in [1.807, 2.05) is 36.4 Å². The van der Waals surface area contributed by atoms with Crippen molar-refractivity contribution in [2.24, 2.45) is 0 Å². The van der Waals surface area contributed by atoms with E-state index in [2.05, 4.69) is 9.80 Å². The molecular formula is C31H42N2O3. The summed E-state index contributed by atoms with van der Waals surface area (Å²) < 4.78 is 12.4. The zero-order chi connectivity index (χ0) is 24.6. The molecule has 0 spiro atoms. The van der Waals surface area contributed by atoms with E-state index in [0.717, 1.165) is 61.2 Å². The summed E-state index contributed by atoms with van der Waals surface area (Å²) in [7, 11) is 0. The molecule has 2 heterocycles. The molecule has 194 valence electrons. The second-order valence-corrected chi connectivity index (χ2v) is 10.6. The van der Waals surface area contributed by atoms with Crippen LogP contribution in [0.2, 0.25) is 0 Å². The molecule has 0 amide bonds. The fraction of sp³-hybridized carbons (Fsp3) is 0.581. The van der Waals surface area contributed by atoms with E-state index in [1.54, 1.807) is 0 Å². The molecule has 0 saturated carbocycles. The van der Waals surface area contributed by atoms with Gasteiger partial charge in [0.1, 0.15) is 11.5 Å². The first kappa shape index (κ1) is 25.3. The number of unbranched alkanes of at least 4 members (excludes halogenated alkanes) is 2. The molecule has 0 unspecified atom stereocenters. The topological polar surface area (TPSA) is 42.0 Å². The average molecular weight is 491 g/mol. The highest BCUT2D eigenvalue weighted by Gasteiger charge is 2.32. The third-order valence-electron chi connectivity index (χ3n) is 7.94. The van der Waals surface area contributed by atoms with Gasteiger partial charge in [0.15, 0.2) is 5.78 Å². The Hall–Kier alpha value is -2.37. The van der Waals surface area contributed by atoms with Gasteiger partial charge in [-0.25, -0.2) is 0 Å². The van der Waals surface area contributed by atoms with Gasteiger partial charge in [-0.3, -0.25) is 4.79 Å². The van der Waals surface area contributed by atoms with Crippen molar-refractivity contribution in [2.75, 3.05) is 52.5 Å². The summed E-state index contributed by atoms with van der Waals surface area (Å²) in [5.74, 6) is 1.58. The Morgan fingerprint density at radius 3 is 1.64 bits per heavy atom. The van der Waals surface area contributed by atoms with Crippen molar-refractivity contribution in [1.29, 1.82) is 0 Å². The van der Waals surface area contributed by atoms with Crippen molar-refractivity contribution in [3.63, 3.8) is 0 Å². The zero-order valence-electron chi connectivity index (χ0n) is 21.8. The van der Waals surface area contributed by atoms with E-state index in [-0.39, 0.29) is 5.78 Å². The Kier molecular flexibility index (Phi) is 8.95. The molecule has 36 heavy (non-hydrogen) atoms. The Balaban J connectivity index is 1.15. The second kappa shape index (κ2) is 12.7. The monoisotopic (exact) mass is 490 g/mol. The third-order valence-corrected chi connectivity index (χ3v) is 7.94. The van der Waals surface area contributed by atoms with Gasteiger partial charge < -0.3 is 19.3 Å². The maximum absolute atomic E-state index is 13.4. The SMILES string of the molecule is O=C1c2cccc(OCCCCN3CCCCC3)c2-c2cccc(OCCCCN3CCCCC3)c21. The average Bonchev–Trinajstić information content (AvgIpc) is 3.23. The Labute approximate surface area is 216 Å². The second-order valence-electron chi connectivity index (χ2n) is 10.6. The van der Waals surface area contributed by atoms with Gasteiger partial charge in [0.25, 0.3) is 0 Å². The molecule has 2 saturated heterocycles. The van der Waals surface area contributed by atoms with Gasteiger partial charge in [0.2, 0.25) is 0 Å². The number of ether oxygens (including phenoxy) is 2. The van der Waals surface area contributed by atoms with Crippen LogP contribution in [0.5, 0.6) is 11.5 Å². The number of likely N-dealkylation sites (tertiary alicyclic amines) is 2. The maximum atomic E-state index is 13.4. The summed E-state index contributed by atoms with van der Waals surface area (Å²) in [5.41, 5.74) is 3.32. The number of benzene rings is 2. The molecule has 2 aromatic rings. The summed E-state index contributed by atoms with van der Waals surface area (Å²) in [6.45, 7) is 8.61. The number of carbonyl (C=O) groups is 1. The minimum Gasteiger partial charge on any atom is -0.493 e. The highest BCUT2D eigenvalue weighted by molar-refractivity contribution is 6.24. The van der Waals surface area contributed by atoms with Crippen LogP contribution >= 0.6 is 0 Å². The molecule has 0 atom stereocenters. The molecule has 5 heteroatoms. The number of hydrogen-bond acceptors (Lipinski definition) is 5. The van der Waals surface area contributed by atoms with Gasteiger partial charge in [-0.1, -0.05) is 37.1 Å². The van der Waals surface area contributed by atoms with Gasteiger partial charge in [0.05, 0.1) is 18.8 Å². The predicted octanol–water partition coefficient (Wildman–Crippen LogP) is 6.19. The Morgan fingerprint density at radius 2 is 1.08 bits per heavy atom. The van der Waals surface area contributed by atoms with E-state index in [9.17, 15) is 4.79 Å². The summed E-state index contributed by atoms with van der Waals surface area (Å²) in [4.78, 5) is 18.5. The van der Waals surface area contributed by atoms with E-state index in [1.165, 1.54) is 64.7 Å². The van der Waals surface area contributed by atoms with Crippen LogP contribution in [0.4, 0.5) is 0 Å². The molecule has 3 aliphatic rings. The highest BCUT2D eigenvalue weighted by atomic mass is 16.5. The van der Waals surface area contributed by atoms with Gasteiger partial charge in [0, 0.05) is 16.7 Å². The summed E-state index contributed by atoms with van der Waals surface area (Å²) in [5, 5.41) is 0. The lowest BCUT2D eigenvalue weighted by Crippen LogP contribution is -2.30. The van der Waals surface area contributed by atoms with Crippen molar-refractivity contribution in [1.82, 2.24) is 9.80 Å². The maximum Gasteiger partial charge on any atom is 0.198 e. The molecular weight excluding hydrogens is 448 g/mol. The van der Waals surface area contributed by atoms with Crippen molar-refractivity contribution < 1.29 is 14.3 Å². The number of nitrogens with zero attached hydrogens (tertiary/aromatic N) is 2. The molecule has 0 bridgehead atoms. The molecule has 5 nitrogen and oxygen atoms in total. The van der Waals surface area contributed by atoms with Crippen molar-refractivity contribution in [3.05, 3.63) is 47.5 Å². The number of rotatable bonds is 12. The van der Waals surface area contributed by atoms with Crippen LogP contribution in [-0.4, -0.2) is 68.1 Å². The Morgan fingerprint density at radius 1 is 0.583 bits per heavy atom. The number of carbonyl (C=O) groups excluding carboxylic acids is 1. The lowest BCUT2D eigenvalue weighted by Gasteiger charge is -2.26. The van der Waals surface area contributed by atoms with Gasteiger partial charge >= 0.3 is 0 Å². The van der Waals surface area contributed by atoms with Gasteiger partial charge in [-0.2, -0.15) is 0 Å². The van der Waals surface area contributed by atoms with Crippen LogP contribution in [0, 0.1) is 0 Å². The molecule has 2 aromatic carbocycles. The van der Waals surface area contributed by atoms with Gasteiger partial charge in [-0.15, -0.1) is 0 Å². The predicted molar refractivity (Wildman–Crippen MR) is 145 cm³/mol. The quantitative estimate of drug-likeness (QED) is 0.283. The first-order chi connectivity index (χ1) is 17.8. The fourth-order valence-electron chi connectivity index (χ4n) is 5.95. The van der Waals surface area contributed by atoms with Crippen LogP contribution in [0.3, 0.4) is 0 Å². The normalized spacial score (nSPS) is 18.2. The summed E-state index contributed by atoms with van der Waals surface area (Å²) in [6.07, 6.45) is 12.4. The minimum atomic E-state index is 0.0551. The summed E-state index contributed by atoms with van der Waals surface area (Å²) >= 11 is 0. The first-order valence-corrected chi connectivity index (χ1v) is 14.3. The number of fused-ring (bicyclic) bond motifs is 3. The number of ketones is 1. The van der Waals surface area contributed by atoms with Gasteiger partial charge in [-0.05, 0) is 103 Å². The van der Waals surface area contributed by atoms with E-state index >= 15 is 0 Å². The zero-order valence-corrected chi connectivity index (χ0v) is 21.8. The molecule has 2 fully saturated rings. The molecule has 0 N–H and O–H groups in total. The highest BCUT2D eigenvalue weighted by Crippen LogP contribution is 2.45. The fourth-order valence-corrected chi connectivity index (χ4v) is 5.95. The molecule has 0 aromatic heterocycles. The molecule has 1 aliphatic carbocycles. The summed E-state index contributed by atoms with van der Waals surface area (Å²) in [6, 6.07) is 11.8.